The summed E-state index contributed by atoms with van der Waals surface area (Å²) in [4.78, 5) is 15.2. The molecule has 0 saturated heterocycles. The number of aryl methyl sites for hydroxylation is 2. The molecular formula is C11H14N4O4S2. The molecule has 0 fully saturated rings. The van der Waals surface area contributed by atoms with Crippen molar-refractivity contribution in [3.8, 4) is 0 Å². The molecule has 0 radical (unpaired) electrons. The first kappa shape index (κ1) is 15.6. The van der Waals surface area contributed by atoms with Crippen molar-refractivity contribution in [2.75, 3.05) is 7.11 Å². The molecule has 0 atom stereocenters. The van der Waals surface area contributed by atoms with Crippen molar-refractivity contribution in [2.45, 2.75) is 17.7 Å². The third kappa shape index (κ3) is 3.28. The Hall–Kier alpha value is -1.78. The summed E-state index contributed by atoms with van der Waals surface area (Å²) < 4.78 is 32.9. The van der Waals surface area contributed by atoms with Gasteiger partial charge in [-0.25, -0.2) is 22.9 Å². The molecule has 21 heavy (non-hydrogen) atoms. The molecule has 1 N–H and O–H groups in total. The number of sulfonamides is 1. The SMILES string of the molecule is COC(=O)c1ncsc1S(=O)(=O)NCc1cn(C)nc1C. The Kier molecular flexibility index (Phi) is 4.40. The van der Waals surface area contributed by atoms with Crippen LogP contribution in [-0.4, -0.2) is 36.3 Å². The number of methoxy groups -OCH3 is 1. The lowest BCUT2D eigenvalue weighted by atomic mass is 10.3. The van der Waals surface area contributed by atoms with E-state index in [-0.39, 0.29) is 16.4 Å². The molecule has 8 nitrogen and oxygen atoms in total. The summed E-state index contributed by atoms with van der Waals surface area (Å²) in [6, 6.07) is 0. The molecule has 0 aliphatic carbocycles. The van der Waals surface area contributed by atoms with Crippen molar-refractivity contribution in [3.63, 3.8) is 0 Å². The molecule has 0 unspecified atom stereocenters. The van der Waals surface area contributed by atoms with Gasteiger partial charge in [-0.2, -0.15) is 5.10 Å². The fourth-order valence-corrected chi connectivity index (χ4v) is 3.90. The van der Waals surface area contributed by atoms with Crippen LogP contribution in [-0.2, 0) is 28.4 Å². The van der Waals surface area contributed by atoms with Crippen molar-refractivity contribution in [1.29, 1.82) is 0 Å². The number of carbonyl (C=O) groups is 1. The van der Waals surface area contributed by atoms with Gasteiger partial charge in [0.25, 0.3) is 10.0 Å². The Balaban J connectivity index is 2.21. The van der Waals surface area contributed by atoms with E-state index >= 15 is 0 Å². The van der Waals surface area contributed by atoms with E-state index in [9.17, 15) is 13.2 Å². The Morgan fingerprint density at radius 3 is 2.81 bits per heavy atom. The molecule has 0 aliphatic rings. The van der Waals surface area contributed by atoms with Crippen LogP contribution < -0.4 is 4.72 Å². The van der Waals surface area contributed by atoms with Crippen LogP contribution >= 0.6 is 11.3 Å². The first-order valence-corrected chi connectivity index (χ1v) is 8.22. The second kappa shape index (κ2) is 5.92. The molecule has 0 aromatic carbocycles. The van der Waals surface area contributed by atoms with Gasteiger partial charge in [-0.3, -0.25) is 4.68 Å². The van der Waals surface area contributed by atoms with Gasteiger partial charge < -0.3 is 4.74 Å². The molecule has 2 aromatic heterocycles. The zero-order valence-corrected chi connectivity index (χ0v) is 13.3. The van der Waals surface area contributed by atoms with Crippen LogP contribution in [0.15, 0.2) is 15.9 Å². The summed E-state index contributed by atoms with van der Waals surface area (Å²) in [5.41, 5.74) is 2.57. The zero-order chi connectivity index (χ0) is 15.6. The maximum atomic E-state index is 12.3. The van der Waals surface area contributed by atoms with E-state index in [4.69, 9.17) is 0 Å². The highest BCUT2D eigenvalue weighted by Gasteiger charge is 2.26. The third-order valence-corrected chi connectivity index (χ3v) is 5.50. The van der Waals surface area contributed by atoms with Gasteiger partial charge in [0.2, 0.25) is 0 Å². The van der Waals surface area contributed by atoms with Crippen molar-refractivity contribution >= 4 is 27.3 Å². The Morgan fingerprint density at radius 2 is 2.24 bits per heavy atom. The van der Waals surface area contributed by atoms with Crippen molar-refractivity contribution in [1.82, 2.24) is 19.5 Å². The first-order valence-electron chi connectivity index (χ1n) is 5.85. The van der Waals surface area contributed by atoms with Crippen LogP contribution in [0.1, 0.15) is 21.7 Å². The number of hydrogen-bond donors (Lipinski definition) is 1. The number of thiazole rings is 1. The fraction of sp³-hybridized carbons (Fsp3) is 0.364. The van der Waals surface area contributed by atoms with Gasteiger partial charge in [0, 0.05) is 25.4 Å². The summed E-state index contributed by atoms with van der Waals surface area (Å²) in [5.74, 6) is -0.783. The van der Waals surface area contributed by atoms with Gasteiger partial charge in [-0.1, -0.05) is 0 Å². The van der Waals surface area contributed by atoms with Crippen LogP contribution in [0.3, 0.4) is 0 Å². The van der Waals surface area contributed by atoms with E-state index in [0.717, 1.165) is 22.6 Å². The molecule has 0 saturated carbocycles. The van der Waals surface area contributed by atoms with Crippen molar-refractivity contribution in [2.24, 2.45) is 7.05 Å². The predicted octanol–water partition coefficient (Wildman–Crippen LogP) is 0.450. The third-order valence-electron chi connectivity index (χ3n) is 2.73. The zero-order valence-electron chi connectivity index (χ0n) is 11.7. The number of ether oxygens (including phenoxy) is 1. The van der Waals surface area contributed by atoms with Gasteiger partial charge >= 0.3 is 5.97 Å². The van der Waals surface area contributed by atoms with Crippen LogP contribution in [0, 0.1) is 6.92 Å². The van der Waals surface area contributed by atoms with E-state index in [1.165, 1.54) is 12.6 Å². The predicted molar refractivity (Wildman–Crippen MR) is 75.4 cm³/mol. The maximum Gasteiger partial charge on any atom is 0.358 e. The van der Waals surface area contributed by atoms with E-state index < -0.39 is 16.0 Å². The minimum Gasteiger partial charge on any atom is -0.464 e. The van der Waals surface area contributed by atoms with Crippen molar-refractivity contribution < 1.29 is 17.9 Å². The Labute approximate surface area is 125 Å². The molecule has 0 aliphatic heterocycles. The number of hydrogen-bond acceptors (Lipinski definition) is 7. The van der Waals surface area contributed by atoms with E-state index in [2.05, 4.69) is 19.5 Å². The summed E-state index contributed by atoms with van der Waals surface area (Å²) in [6.07, 6.45) is 1.73. The molecule has 2 rings (SSSR count). The summed E-state index contributed by atoms with van der Waals surface area (Å²) in [5, 5.41) is 4.13. The van der Waals surface area contributed by atoms with Crippen molar-refractivity contribution in [3.05, 3.63) is 28.7 Å². The monoisotopic (exact) mass is 330 g/mol. The average molecular weight is 330 g/mol. The summed E-state index contributed by atoms with van der Waals surface area (Å²) in [7, 11) is -0.916. The van der Waals surface area contributed by atoms with E-state index in [1.807, 2.05) is 0 Å². The number of nitrogens with one attached hydrogen (secondary N) is 1. The molecule has 0 spiro atoms. The smallest absolute Gasteiger partial charge is 0.358 e. The molecule has 2 heterocycles. The highest BCUT2D eigenvalue weighted by molar-refractivity contribution is 7.91. The van der Waals surface area contributed by atoms with Crippen LogP contribution in [0.5, 0.6) is 0 Å². The normalized spacial score (nSPS) is 11.6. The van der Waals surface area contributed by atoms with E-state index in [0.29, 0.717) is 0 Å². The number of aromatic nitrogens is 3. The lowest BCUT2D eigenvalue weighted by Crippen LogP contribution is -2.24. The second-order valence-electron chi connectivity index (χ2n) is 4.22. The maximum absolute atomic E-state index is 12.3. The number of rotatable bonds is 5. The van der Waals surface area contributed by atoms with Gasteiger partial charge in [-0.15, -0.1) is 11.3 Å². The number of esters is 1. The molecular weight excluding hydrogens is 316 g/mol. The average Bonchev–Trinajstić information content (AvgIpc) is 3.02. The summed E-state index contributed by atoms with van der Waals surface area (Å²) in [6.45, 7) is 1.87. The lowest BCUT2D eigenvalue weighted by molar-refractivity contribution is 0.0590. The Bertz CT molecular complexity index is 763. The van der Waals surface area contributed by atoms with E-state index in [1.54, 1.807) is 24.9 Å². The molecule has 10 heteroatoms. The molecule has 2 aromatic rings. The fourth-order valence-electron chi connectivity index (χ4n) is 1.72. The second-order valence-corrected chi connectivity index (χ2v) is 7.03. The lowest BCUT2D eigenvalue weighted by Gasteiger charge is -2.05. The van der Waals surface area contributed by atoms with Gasteiger partial charge in [0.05, 0.1) is 18.3 Å². The minimum absolute atomic E-state index is 0.0838. The van der Waals surface area contributed by atoms with Crippen LogP contribution in [0.2, 0.25) is 0 Å². The highest BCUT2D eigenvalue weighted by Crippen LogP contribution is 2.21. The molecule has 0 bridgehead atoms. The standard InChI is InChI=1S/C11H14N4O4S2/c1-7-8(5-15(2)14-7)4-13-21(17,18)11-9(10(16)19-3)12-6-20-11/h5-6,13H,4H2,1-3H3. The highest BCUT2D eigenvalue weighted by atomic mass is 32.2. The molecule has 0 amide bonds. The van der Waals surface area contributed by atoms with Gasteiger partial charge in [0.1, 0.15) is 0 Å². The minimum atomic E-state index is -3.84. The summed E-state index contributed by atoms with van der Waals surface area (Å²) >= 11 is 0.861. The van der Waals surface area contributed by atoms with Crippen LogP contribution in [0.4, 0.5) is 0 Å². The first-order chi connectivity index (χ1) is 9.85. The topological polar surface area (TPSA) is 103 Å². The van der Waals surface area contributed by atoms with Gasteiger partial charge in [0.15, 0.2) is 9.90 Å². The van der Waals surface area contributed by atoms with Gasteiger partial charge in [-0.05, 0) is 6.92 Å². The Morgan fingerprint density at radius 1 is 1.52 bits per heavy atom. The molecule has 114 valence electrons. The largest absolute Gasteiger partial charge is 0.464 e. The number of carbonyl (C=O) groups excluding carboxylic acids is 1. The van der Waals surface area contributed by atoms with Crippen LogP contribution in [0.25, 0.3) is 0 Å². The number of nitrogens with zero attached hydrogens (tertiary/aromatic N) is 3. The quantitative estimate of drug-likeness (QED) is 0.798.